The van der Waals surface area contributed by atoms with Gasteiger partial charge >= 0.3 is 6.18 Å². The minimum Gasteiger partial charge on any atom is -0.298 e. The number of hydrogen-bond donors (Lipinski definition) is 1. The number of carbonyl (C=O) groups is 2. The molecule has 5 nitrogen and oxygen atoms in total. The molecule has 0 aliphatic heterocycles. The van der Waals surface area contributed by atoms with Gasteiger partial charge < -0.3 is 0 Å². The Balaban J connectivity index is 1.73. The van der Waals surface area contributed by atoms with Gasteiger partial charge in [0.05, 0.1) is 10.5 Å². The Hall–Kier alpha value is -2.52. The van der Waals surface area contributed by atoms with Gasteiger partial charge in [-0.3, -0.25) is 9.59 Å². The topological polar surface area (TPSA) is 80.3 Å². The fraction of sp³-hybridized carbons (Fsp3) is 0.391. The molecular formula is C23H24F3NO4S. The Morgan fingerprint density at radius 3 is 2.22 bits per heavy atom. The Morgan fingerprint density at radius 2 is 1.62 bits per heavy atom. The second kappa shape index (κ2) is 8.78. The second-order valence-corrected chi connectivity index (χ2v) is 9.93. The number of aryl methyl sites for hydroxylation is 3. The summed E-state index contributed by atoms with van der Waals surface area (Å²) in [6, 6.07) is 7.71. The lowest BCUT2D eigenvalue weighted by Gasteiger charge is -2.17. The van der Waals surface area contributed by atoms with Crippen molar-refractivity contribution in [1.82, 2.24) is 4.72 Å². The van der Waals surface area contributed by atoms with Crippen molar-refractivity contribution < 1.29 is 31.2 Å². The van der Waals surface area contributed by atoms with Crippen LogP contribution in [0.3, 0.4) is 0 Å². The lowest BCUT2D eigenvalue weighted by molar-refractivity contribution is -0.140. The molecular weight excluding hydrogens is 443 g/mol. The van der Waals surface area contributed by atoms with E-state index in [4.69, 9.17) is 0 Å². The number of rotatable bonds is 6. The number of nitrogens with one attached hydrogen (secondary N) is 1. The molecule has 0 amide bonds. The Morgan fingerprint density at radius 1 is 1.03 bits per heavy atom. The zero-order valence-corrected chi connectivity index (χ0v) is 18.7. The zero-order valence-electron chi connectivity index (χ0n) is 17.9. The van der Waals surface area contributed by atoms with Crippen LogP contribution in [0.15, 0.2) is 41.3 Å². The number of ketones is 2. The van der Waals surface area contributed by atoms with E-state index in [1.54, 1.807) is 0 Å². The van der Waals surface area contributed by atoms with E-state index in [9.17, 15) is 31.2 Å². The normalized spacial score (nSPS) is 19.6. The summed E-state index contributed by atoms with van der Waals surface area (Å²) >= 11 is 0. The zero-order chi connectivity index (χ0) is 23.8. The van der Waals surface area contributed by atoms with Gasteiger partial charge in [0.25, 0.3) is 0 Å². The quantitative estimate of drug-likeness (QED) is 0.645. The van der Waals surface area contributed by atoms with E-state index in [1.807, 2.05) is 32.9 Å². The van der Waals surface area contributed by atoms with Crippen LogP contribution in [0.2, 0.25) is 0 Å². The van der Waals surface area contributed by atoms with E-state index >= 15 is 0 Å². The van der Waals surface area contributed by atoms with Crippen LogP contribution in [-0.2, 0) is 25.8 Å². The third kappa shape index (κ3) is 4.78. The van der Waals surface area contributed by atoms with Crippen molar-refractivity contribution in [2.45, 2.75) is 50.6 Å². The van der Waals surface area contributed by atoms with Crippen molar-refractivity contribution in [2.24, 2.45) is 5.92 Å². The molecule has 2 aromatic rings. The maximum absolute atomic E-state index is 13.2. The number of alkyl halides is 3. The molecule has 2 unspecified atom stereocenters. The molecule has 0 saturated heterocycles. The third-order valence-corrected chi connectivity index (χ3v) is 7.27. The van der Waals surface area contributed by atoms with E-state index in [-0.39, 0.29) is 31.0 Å². The van der Waals surface area contributed by atoms with Crippen LogP contribution in [-0.4, -0.2) is 26.5 Å². The summed E-state index contributed by atoms with van der Waals surface area (Å²) in [5.74, 6) is -2.07. The fourth-order valence-electron chi connectivity index (χ4n) is 4.43. The number of benzene rings is 2. The van der Waals surface area contributed by atoms with E-state index < -0.39 is 38.5 Å². The standard InChI is InChI=1S/C23H24F3NO4S/c1-13-10-14(2)20(15(3)11-13)21-18(28)12-16(22(21)29)8-9-27-32(30,31)19-7-5-4-6-17(19)23(24,25)26/h4-7,10-11,16,21,27H,8-9,12H2,1-3H3. The molecule has 9 heteroatoms. The van der Waals surface area contributed by atoms with Crippen molar-refractivity contribution in [3.8, 4) is 0 Å². The summed E-state index contributed by atoms with van der Waals surface area (Å²) < 4.78 is 66.6. The van der Waals surface area contributed by atoms with Crippen molar-refractivity contribution >= 4 is 21.6 Å². The van der Waals surface area contributed by atoms with Crippen LogP contribution in [0, 0.1) is 26.7 Å². The molecule has 0 aromatic heterocycles. The van der Waals surface area contributed by atoms with Gasteiger partial charge in [0.2, 0.25) is 10.0 Å². The van der Waals surface area contributed by atoms with Gasteiger partial charge in [0.15, 0.2) is 5.78 Å². The molecule has 1 saturated carbocycles. The molecule has 2 aromatic carbocycles. The smallest absolute Gasteiger partial charge is 0.298 e. The van der Waals surface area contributed by atoms with Crippen molar-refractivity contribution in [3.05, 3.63) is 64.2 Å². The maximum Gasteiger partial charge on any atom is 0.417 e. The summed E-state index contributed by atoms with van der Waals surface area (Å²) in [7, 11) is -4.45. The first-order chi connectivity index (χ1) is 14.8. The molecule has 32 heavy (non-hydrogen) atoms. The average molecular weight is 468 g/mol. The number of carbonyl (C=O) groups excluding carboxylic acids is 2. The van der Waals surface area contributed by atoms with Crippen molar-refractivity contribution in [3.63, 3.8) is 0 Å². The highest BCUT2D eigenvalue weighted by Crippen LogP contribution is 2.38. The SMILES string of the molecule is Cc1cc(C)c(C2C(=O)CC(CCNS(=O)(=O)c3ccccc3C(F)(F)F)C2=O)c(C)c1. The van der Waals surface area contributed by atoms with E-state index in [0.717, 1.165) is 28.8 Å². The highest BCUT2D eigenvalue weighted by molar-refractivity contribution is 7.89. The molecule has 0 heterocycles. The molecule has 1 aliphatic carbocycles. The fourth-order valence-corrected chi connectivity index (χ4v) is 5.70. The van der Waals surface area contributed by atoms with Gasteiger partial charge in [0, 0.05) is 18.9 Å². The summed E-state index contributed by atoms with van der Waals surface area (Å²) in [5, 5.41) is 0. The minimum absolute atomic E-state index is 0.0167. The predicted octanol–water partition coefficient (Wildman–Crippen LogP) is 4.24. The van der Waals surface area contributed by atoms with Gasteiger partial charge in [-0.25, -0.2) is 13.1 Å². The minimum atomic E-state index is -4.82. The number of sulfonamides is 1. The largest absolute Gasteiger partial charge is 0.417 e. The Labute approximate surface area is 185 Å². The van der Waals surface area contributed by atoms with Crippen LogP contribution >= 0.6 is 0 Å². The van der Waals surface area contributed by atoms with Crippen molar-refractivity contribution in [1.29, 1.82) is 0 Å². The number of halogens is 3. The number of Topliss-reactive ketones (excluding diaryl/α,β-unsaturated/α-hetero) is 2. The molecule has 0 radical (unpaired) electrons. The molecule has 0 spiro atoms. The summed E-state index contributed by atoms with van der Waals surface area (Å²) in [6.45, 7) is 5.36. The van der Waals surface area contributed by atoms with Crippen LogP contribution in [0.25, 0.3) is 0 Å². The van der Waals surface area contributed by atoms with Crippen LogP contribution in [0.1, 0.15) is 46.6 Å². The van der Waals surface area contributed by atoms with E-state index in [0.29, 0.717) is 11.6 Å². The third-order valence-electron chi connectivity index (χ3n) is 5.75. The predicted molar refractivity (Wildman–Crippen MR) is 113 cm³/mol. The molecule has 172 valence electrons. The monoisotopic (exact) mass is 467 g/mol. The van der Waals surface area contributed by atoms with Crippen molar-refractivity contribution in [2.75, 3.05) is 6.54 Å². The first-order valence-corrected chi connectivity index (χ1v) is 11.6. The second-order valence-electron chi connectivity index (χ2n) is 8.20. The first kappa shape index (κ1) is 24.1. The van der Waals surface area contributed by atoms with Gasteiger partial charge in [-0.15, -0.1) is 0 Å². The number of hydrogen-bond acceptors (Lipinski definition) is 4. The van der Waals surface area contributed by atoms with Crippen LogP contribution < -0.4 is 4.72 Å². The molecule has 1 N–H and O–H groups in total. The van der Waals surface area contributed by atoms with Gasteiger partial charge in [-0.1, -0.05) is 29.8 Å². The van der Waals surface area contributed by atoms with Gasteiger partial charge in [-0.05, 0) is 56.0 Å². The maximum atomic E-state index is 13.2. The highest BCUT2D eigenvalue weighted by Gasteiger charge is 2.43. The Bertz CT molecular complexity index is 1150. The van der Waals surface area contributed by atoms with E-state index in [2.05, 4.69) is 4.72 Å². The summed E-state index contributed by atoms with van der Waals surface area (Å²) in [4.78, 5) is 24.7. The van der Waals surface area contributed by atoms with Gasteiger partial charge in [-0.2, -0.15) is 13.2 Å². The van der Waals surface area contributed by atoms with Crippen LogP contribution in [0.5, 0.6) is 0 Å². The first-order valence-electron chi connectivity index (χ1n) is 10.1. The summed E-state index contributed by atoms with van der Waals surface area (Å²) in [5.41, 5.74) is 2.14. The Kier molecular flexibility index (Phi) is 6.62. The molecule has 3 rings (SSSR count). The average Bonchev–Trinajstić information content (AvgIpc) is 2.94. The lowest BCUT2D eigenvalue weighted by Crippen LogP contribution is -2.29. The molecule has 2 atom stereocenters. The molecule has 1 aliphatic rings. The molecule has 1 fully saturated rings. The van der Waals surface area contributed by atoms with Crippen LogP contribution in [0.4, 0.5) is 13.2 Å². The van der Waals surface area contributed by atoms with E-state index in [1.165, 1.54) is 6.07 Å². The van der Waals surface area contributed by atoms with Gasteiger partial charge in [0.1, 0.15) is 11.7 Å². The molecule has 0 bridgehead atoms. The lowest BCUT2D eigenvalue weighted by atomic mass is 9.86. The summed E-state index contributed by atoms with van der Waals surface area (Å²) in [6.07, 6.45) is -4.81. The highest BCUT2D eigenvalue weighted by atomic mass is 32.2.